The molecule has 0 bridgehead atoms. The predicted octanol–water partition coefficient (Wildman–Crippen LogP) is 3.46. The van der Waals surface area contributed by atoms with Gasteiger partial charge in [-0.1, -0.05) is 12.1 Å². The van der Waals surface area contributed by atoms with E-state index in [4.69, 9.17) is 0 Å². The number of Topliss-reactive ketones (excluding diaryl/α,β-unsaturated/α-hetero) is 1. The monoisotopic (exact) mass is 382 g/mol. The highest BCUT2D eigenvalue weighted by Gasteiger charge is 2.17. The topological polar surface area (TPSA) is 71.0 Å². The molecule has 3 aromatic rings. The molecule has 0 saturated heterocycles. The molecule has 0 saturated carbocycles. The Bertz CT molecular complexity index is 1010. The van der Waals surface area contributed by atoms with Crippen LogP contribution in [0.3, 0.4) is 0 Å². The summed E-state index contributed by atoms with van der Waals surface area (Å²) in [5.74, 6) is -0.485. The highest BCUT2D eigenvalue weighted by Crippen LogP contribution is 2.19. The van der Waals surface area contributed by atoms with Crippen LogP contribution in [0.5, 0.6) is 0 Å². The number of ketones is 1. The molecule has 2 heterocycles. The molecule has 7 heteroatoms. The summed E-state index contributed by atoms with van der Waals surface area (Å²) in [4.78, 5) is 25.7. The summed E-state index contributed by atoms with van der Waals surface area (Å²) in [6.45, 7) is 2.05. The van der Waals surface area contributed by atoms with Crippen LogP contribution < -0.4 is 0 Å². The maximum atomic E-state index is 13.3. The fourth-order valence-electron chi connectivity index (χ4n) is 3.06. The van der Waals surface area contributed by atoms with E-state index in [1.54, 1.807) is 41.9 Å². The quantitative estimate of drug-likeness (QED) is 0.636. The number of nitrogens with one attached hydrogen (secondary N) is 1. The summed E-state index contributed by atoms with van der Waals surface area (Å²) in [5.41, 5.74) is 3.36. The number of halogens is 1. The molecule has 0 aliphatic heterocycles. The van der Waals surface area contributed by atoms with Crippen molar-refractivity contribution >= 4 is 11.7 Å². The van der Waals surface area contributed by atoms with Crippen molar-refractivity contribution in [2.45, 2.75) is 19.8 Å². The van der Waals surface area contributed by atoms with Gasteiger partial charge in [0.25, 0.3) is 5.91 Å². The van der Waals surface area contributed by atoms with Crippen molar-refractivity contribution in [3.63, 3.8) is 0 Å². The number of amides is 1. The number of hydrogen-bond donors (Lipinski definition) is 1. The Morgan fingerprint density at radius 1 is 1.25 bits per heavy atom. The van der Waals surface area contributed by atoms with Crippen molar-refractivity contribution in [3.05, 3.63) is 65.4 Å². The molecule has 3 rings (SSSR count). The van der Waals surface area contributed by atoms with Crippen LogP contribution in [0.15, 0.2) is 42.6 Å². The first kappa shape index (κ1) is 19.5. The Morgan fingerprint density at radius 3 is 2.71 bits per heavy atom. The zero-order chi connectivity index (χ0) is 20.3. The third-order valence-electron chi connectivity index (χ3n) is 4.67. The molecule has 1 N–H and O–H groups in total. The van der Waals surface area contributed by atoms with E-state index in [9.17, 15) is 14.0 Å². The Kier molecular flexibility index (Phi) is 5.73. The summed E-state index contributed by atoms with van der Waals surface area (Å²) >= 11 is 0. The average molecular weight is 382 g/mol. The van der Waals surface area contributed by atoms with Gasteiger partial charge in [0.1, 0.15) is 11.5 Å². The fraction of sp³-hybridized carbons (Fsp3) is 0.286. The molecular formula is C21H23FN4O2. The summed E-state index contributed by atoms with van der Waals surface area (Å²) in [7, 11) is 3.50. The predicted molar refractivity (Wildman–Crippen MR) is 105 cm³/mol. The number of aromatic nitrogens is 3. The molecule has 1 aromatic carbocycles. The first-order chi connectivity index (χ1) is 13.3. The van der Waals surface area contributed by atoms with Crippen molar-refractivity contribution < 1.29 is 14.0 Å². The summed E-state index contributed by atoms with van der Waals surface area (Å²) in [5, 5.41) is 7.20. The Labute approximate surface area is 163 Å². The van der Waals surface area contributed by atoms with Crippen LogP contribution in [0.25, 0.3) is 11.3 Å². The van der Waals surface area contributed by atoms with E-state index in [1.165, 1.54) is 19.1 Å². The van der Waals surface area contributed by atoms with Crippen molar-refractivity contribution in [3.8, 4) is 11.3 Å². The second-order valence-corrected chi connectivity index (χ2v) is 6.90. The molecule has 0 spiro atoms. The van der Waals surface area contributed by atoms with Crippen molar-refractivity contribution in [2.75, 3.05) is 13.6 Å². The van der Waals surface area contributed by atoms with Gasteiger partial charge in [0, 0.05) is 43.7 Å². The summed E-state index contributed by atoms with van der Waals surface area (Å²) < 4.78 is 15.0. The van der Waals surface area contributed by atoms with Gasteiger partial charge >= 0.3 is 0 Å². The van der Waals surface area contributed by atoms with Crippen LogP contribution in [0.2, 0.25) is 0 Å². The Hall–Kier alpha value is -3.22. The second-order valence-electron chi connectivity index (χ2n) is 6.90. The van der Waals surface area contributed by atoms with Crippen molar-refractivity contribution in [1.29, 1.82) is 0 Å². The number of rotatable bonds is 7. The molecular weight excluding hydrogens is 359 g/mol. The molecule has 0 atom stereocenters. The number of hydrogen-bond acceptors (Lipinski definition) is 3. The Morgan fingerprint density at radius 2 is 2.04 bits per heavy atom. The zero-order valence-electron chi connectivity index (χ0n) is 16.2. The number of carbonyl (C=O) groups is 2. The van der Waals surface area contributed by atoms with E-state index >= 15 is 0 Å². The number of nitrogens with zero attached hydrogens (tertiary/aromatic N) is 3. The van der Waals surface area contributed by atoms with Gasteiger partial charge < -0.3 is 9.47 Å². The normalized spacial score (nSPS) is 10.9. The van der Waals surface area contributed by atoms with Crippen LogP contribution in [-0.4, -0.2) is 44.9 Å². The lowest BCUT2D eigenvalue weighted by Gasteiger charge is -2.17. The summed E-state index contributed by atoms with van der Waals surface area (Å²) in [6.07, 6.45) is 3.13. The molecule has 0 aliphatic rings. The molecule has 2 aromatic heterocycles. The molecule has 146 valence electrons. The minimum Gasteiger partial charge on any atom is -0.346 e. The highest BCUT2D eigenvalue weighted by atomic mass is 19.1. The van der Waals surface area contributed by atoms with Crippen LogP contribution in [0.1, 0.15) is 39.9 Å². The average Bonchev–Trinajstić information content (AvgIpc) is 3.28. The van der Waals surface area contributed by atoms with E-state index in [-0.39, 0.29) is 17.5 Å². The highest BCUT2D eigenvalue weighted by molar-refractivity contribution is 5.99. The smallest absolute Gasteiger partial charge is 0.270 e. The largest absolute Gasteiger partial charge is 0.346 e. The number of carbonyl (C=O) groups excluding carboxylic acids is 2. The van der Waals surface area contributed by atoms with E-state index in [2.05, 4.69) is 10.2 Å². The number of aryl methyl sites for hydroxylation is 2. The minimum absolute atomic E-state index is 0.0642. The van der Waals surface area contributed by atoms with Crippen LogP contribution in [0, 0.1) is 5.82 Å². The molecule has 28 heavy (non-hydrogen) atoms. The molecule has 0 radical (unpaired) electrons. The van der Waals surface area contributed by atoms with Crippen LogP contribution in [0.4, 0.5) is 4.39 Å². The van der Waals surface area contributed by atoms with E-state index in [0.29, 0.717) is 29.9 Å². The van der Waals surface area contributed by atoms with Crippen molar-refractivity contribution in [1.82, 2.24) is 19.7 Å². The SMILES string of the molecule is CC(=O)c1cc(C(=O)N(C)CCCc2cc(-c3cccc(F)c3)n[nH]2)n(C)c1. The van der Waals surface area contributed by atoms with Gasteiger partial charge in [0.05, 0.1) is 5.69 Å². The van der Waals surface area contributed by atoms with Gasteiger partial charge in [-0.15, -0.1) is 0 Å². The van der Waals surface area contributed by atoms with Gasteiger partial charge in [-0.3, -0.25) is 14.7 Å². The van der Waals surface area contributed by atoms with Crippen LogP contribution >= 0.6 is 0 Å². The van der Waals surface area contributed by atoms with Gasteiger partial charge in [0.2, 0.25) is 0 Å². The van der Waals surface area contributed by atoms with Crippen molar-refractivity contribution in [2.24, 2.45) is 7.05 Å². The number of benzene rings is 1. The van der Waals surface area contributed by atoms with Crippen LogP contribution in [-0.2, 0) is 13.5 Å². The van der Waals surface area contributed by atoms with E-state index in [1.807, 2.05) is 12.1 Å². The standard InChI is InChI=1S/C21H23FN4O2/c1-14(27)16-11-20(26(3)13-16)21(28)25(2)9-5-8-18-12-19(24-23-18)15-6-4-7-17(22)10-15/h4,6-7,10-13H,5,8-9H2,1-3H3,(H,23,24). The third kappa shape index (κ3) is 4.36. The molecule has 0 fully saturated rings. The molecule has 0 unspecified atom stereocenters. The summed E-state index contributed by atoms with van der Waals surface area (Å²) in [6, 6.07) is 9.83. The fourth-order valence-corrected chi connectivity index (χ4v) is 3.06. The maximum absolute atomic E-state index is 13.3. The maximum Gasteiger partial charge on any atom is 0.270 e. The van der Waals surface area contributed by atoms with E-state index in [0.717, 1.165) is 17.7 Å². The molecule has 0 aliphatic carbocycles. The van der Waals surface area contributed by atoms with E-state index < -0.39 is 0 Å². The van der Waals surface area contributed by atoms with Gasteiger partial charge in [-0.2, -0.15) is 5.10 Å². The van der Waals surface area contributed by atoms with Gasteiger partial charge in [-0.25, -0.2) is 4.39 Å². The minimum atomic E-state index is -0.296. The third-order valence-corrected chi connectivity index (χ3v) is 4.67. The zero-order valence-corrected chi connectivity index (χ0v) is 16.2. The van der Waals surface area contributed by atoms with Gasteiger partial charge in [-0.05, 0) is 44.0 Å². The van der Waals surface area contributed by atoms with Gasteiger partial charge in [0.15, 0.2) is 5.78 Å². The first-order valence-corrected chi connectivity index (χ1v) is 9.08. The molecule has 6 nitrogen and oxygen atoms in total. The lowest BCUT2D eigenvalue weighted by molar-refractivity contribution is 0.0784. The second kappa shape index (κ2) is 8.21. The Balaban J connectivity index is 1.56. The lowest BCUT2D eigenvalue weighted by atomic mass is 10.1. The molecule has 1 amide bonds. The number of aromatic amines is 1. The number of H-pyrrole nitrogens is 1. The first-order valence-electron chi connectivity index (χ1n) is 9.08. The lowest BCUT2D eigenvalue weighted by Crippen LogP contribution is -2.29.